The Morgan fingerprint density at radius 2 is 1.97 bits per heavy atom. The van der Waals surface area contributed by atoms with Crippen LogP contribution in [0.1, 0.15) is 30.2 Å². The molecule has 0 fully saturated rings. The molecule has 0 atom stereocenters. The van der Waals surface area contributed by atoms with Gasteiger partial charge in [0.05, 0.1) is 28.7 Å². The zero-order valence-corrected chi connectivity index (χ0v) is 21.5. The summed E-state index contributed by atoms with van der Waals surface area (Å²) in [5.74, 6) is 0.810. The second kappa shape index (κ2) is 12.3. The Balaban J connectivity index is 0.00000181. The van der Waals surface area contributed by atoms with Gasteiger partial charge in [-0.05, 0) is 26.0 Å². The number of anilines is 2. The fourth-order valence-electron chi connectivity index (χ4n) is 2.94. The monoisotopic (exact) mass is 571 g/mol. The molecule has 0 aliphatic carbocycles. The number of carbonyl (C=O) groups excluding carboxylic acids is 1. The van der Waals surface area contributed by atoms with Gasteiger partial charge in [-0.2, -0.15) is 5.10 Å². The predicted octanol–water partition coefficient (Wildman–Crippen LogP) is 3.31. The van der Waals surface area contributed by atoms with E-state index in [2.05, 4.69) is 37.3 Å². The Morgan fingerprint density at radius 1 is 1.21 bits per heavy atom. The first-order valence-corrected chi connectivity index (χ1v) is 9.62. The number of hydrogen-bond donors (Lipinski definition) is 2. The number of amides is 1. The Hall–Kier alpha value is -2.19. The van der Waals surface area contributed by atoms with E-state index in [0.717, 1.165) is 22.3 Å². The molecule has 4 aromatic rings. The molecular formula is C21H23Fe3N8O-. The average molecular weight is 571 g/mol. The van der Waals surface area contributed by atoms with E-state index in [1.54, 1.807) is 35.5 Å². The van der Waals surface area contributed by atoms with Crippen molar-refractivity contribution >= 4 is 28.6 Å². The van der Waals surface area contributed by atoms with Crippen LogP contribution < -0.4 is 10.2 Å². The van der Waals surface area contributed by atoms with Gasteiger partial charge in [0.25, 0.3) is 5.91 Å². The van der Waals surface area contributed by atoms with E-state index >= 15 is 0 Å². The van der Waals surface area contributed by atoms with Crippen LogP contribution in [0.5, 0.6) is 0 Å². The molecule has 0 bridgehead atoms. The van der Waals surface area contributed by atoms with E-state index in [4.69, 9.17) is 0 Å². The second-order valence-corrected chi connectivity index (χ2v) is 7.26. The van der Waals surface area contributed by atoms with Gasteiger partial charge in [-0.25, -0.2) is 15.0 Å². The zero-order valence-electron chi connectivity index (χ0n) is 18.2. The largest absolute Gasteiger partial charge is 0.374 e. The molecule has 1 amide bonds. The standard InChI is InChI=1S/C21H23N8O.3Fe/c1-5-28(4)21-22-7-6-16(26-21)18-8-14-10-23-19(9-17(14)25-18)27-20(30)15-11-24-29(12-15)13(2)3;;;/h6-13,25H,1,5H2,2-4H3,(H,23,27,30);;;/q-1;;;. The fraction of sp³-hybridized carbons (Fsp3) is 0.238. The molecule has 9 nitrogen and oxygen atoms in total. The van der Waals surface area contributed by atoms with Gasteiger partial charge in [0.2, 0.25) is 5.95 Å². The van der Waals surface area contributed by atoms with Gasteiger partial charge in [-0.3, -0.25) is 9.48 Å². The quantitative estimate of drug-likeness (QED) is 0.272. The molecule has 0 aromatic carbocycles. The Bertz CT molecular complexity index is 1210. The molecule has 33 heavy (non-hydrogen) atoms. The molecule has 0 radical (unpaired) electrons. The summed E-state index contributed by atoms with van der Waals surface area (Å²) in [7, 11) is 1.89. The van der Waals surface area contributed by atoms with Crippen molar-refractivity contribution in [2.24, 2.45) is 0 Å². The number of hydrogen-bond acceptors (Lipinski definition) is 6. The summed E-state index contributed by atoms with van der Waals surface area (Å²) >= 11 is 0. The molecule has 178 valence electrons. The van der Waals surface area contributed by atoms with Gasteiger partial charge >= 0.3 is 0 Å². The predicted molar refractivity (Wildman–Crippen MR) is 116 cm³/mol. The smallest absolute Gasteiger partial charge is 0.260 e. The van der Waals surface area contributed by atoms with Gasteiger partial charge < -0.3 is 22.1 Å². The summed E-state index contributed by atoms with van der Waals surface area (Å²) in [5.41, 5.74) is 2.94. The maximum Gasteiger partial charge on any atom is 0.260 e. The van der Waals surface area contributed by atoms with E-state index in [0.29, 0.717) is 23.9 Å². The fourth-order valence-corrected chi connectivity index (χ4v) is 2.94. The minimum Gasteiger partial charge on any atom is -0.374 e. The third-order valence-electron chi connectivity index (χ3n) is 4.73. The van der Waals surface area contributed by atoms with Crippen molar-refractivity contribution in [2.45, 2.75) is 19.9 Å². The molecule has 12 heteroatoms. The molecular weight excluding hydrogens is 548 g/mol. The van der Waals surface area contributed by atoms with Crippen molar-refractivity contribution in [2.75, 3.05) is 23.8 Å². The van der Waals surface area contributed by atoms with Gasteiger partial charge in [0.15, 0.2) is 0 Å². The van der Waals surface area contributed by atoms with Crippen molar-refractivity contribution in [1.82, 2.24) is 29.7 Å². The number of aromatic nitrogens is 6. The topological polar surface area (TPSA) is 105 Å². The third-order valence-corrected chi connectivity index (χ3v) is 4.73. The Kier molecular flexibility index (Phi) is 10.8. The van der Waals surface area contributed by atoms with Crippen molar-refractivity contribution in [3.63, 3.8) is 0 Å². The first-order valence-electron chi connectivity index (χ1n) is 9.62. The normalized spacial score (nSPS) is 10.2. The number of aromatic amines is 1. The molecule has 0 spiro atoms. The first-order chi connectivity index (χ1) is 14.4. The van der Waals surface area contributed by atoms with Crippen LogP contribution in [-0.4, -0.2) is 49.2 Å². The number of H-pyrrole nitrogens is 1. The Labute approximate surface area is 224 Å². The van der Waals surface area contributed by atoms with Crippen LogP contribution >= 0.6 is 0 Å². The molecule has 2 N–H and O–H groups in total. The van der Waals surface area contributed by atoms with Crippen molar-refractivity contribution < 1.29 is 56.0 Å². The molecule has 0 saturated heterocycles. The van der Waals surface area contributed by atoms with Crippen LogP contribution in [0.25, 0.3) is 22.3 Å². The number of nitrogens with zero attached hydrogens (tertiary/aromatic N) is 6. The van der Waals surface area contributed by atoms with Crippen LogP contribution in [0.15, 0.2) is 43.0 Å². The van der Waals surface area contributed by atoms with Crippen LogP contribution in [0.4, 0.5) is 11.8 Å². The summed E-state index contributed by atoms with van der Waals surface area (Å²) in [4.78, 5) is 30.9. The van der Waals surface area contributed by atoms with Gasteiger partial charge in [-0.15, -0.1) is 6.54 Å². The zero-order chi connectivity index (χ0) is 21.3. The van der Waals surface area contributed by atoms with E-state index in [1.165, 1.54) is 0 Å². The van der Waals surface area contributed by atoms with Gasteiger partial charge in [0, 0.05) is 94.3 Å². The van der Waals surface area contributed by atoms with Gasteiger partial charge in [0.1, 0.15) is 5.82 Å². The number of pyridine rings is 1. The summed E-state index contributed by atoms with van der Waals surface area (Å²) in [5, 5.41) is 7.94. The SMILES string of the molecule is [CH2-]CN(C)c1nccc(-c2cc3cnc(NC(=O)c4cnn(C(C)C)c4)cc3[nH]2)n1.[Fe].[Fe].[Fe]. The van der Waals surface area contributed by atoms with Crippen LogP contribution in [0, 0.1) is 6.92 Å². The maximum absolute atomic E-state index is 12.5. The third kappa shape index (κ3) is 6.44. The second-order valence-electron chi connectivity index (χ2n) is 7.26. The van der Waals surface area contributed by atoms with E-state index in [-0.39, 0.29) is 63.2 Å². The summed E-state index contributed by atoms with van der Waals surface area (Å²) in [6.07, 6.45) is 6.71. The van der Waals surface area contributed by atoms with E-state index in [1.807, 2.05) is 37.9 Å². The number of carbonyl (C=O) groups is 1. The van der Waals surface area contributed by atoms with Gasteiger partial charge in [-0.1, -0.05) is 0 Å². The average Bonchev–Trinajstić information content (AvgIpc) is 3.40. The summed E-state index contributed by atoms with van der Waals surface area (Å²) < 4.78 is 1.74. The number of rotatable bonds is 6. The van der Waals surface area contributed by atoms with E-state index < -0.39 is 0 Å². The molecule has 0 unspecified atom stereocenters. The van der Waals surface area contributed by atoms with Crippen LogP contribution in [-0.2, 0) is 51.2 Å². The minimum absolute atomic E-state index is 0. The minimum atomic E-state index is -0.253. The molecule has 0 aliphatic rings. The molecule has 4 rings (SSSR count). The summed E-state index contributed by atoms with van der Waals surface area (Å²) in [6, 6.07) is 5.80. The van der Waals surface area contributed by atoms with Crippen molar-refractivity contribution in [3.05, 3.63) is 55.5 Å². The maximum atomic E-state index is 12.5. The summed E-state index contributed by atoms with van der Waals surface area (Å²) in [6.45, 7) is 8.43. The number of fused-ring (bicyclic) bond motifs is 1. The van der Waals surface area contributed by atoms with Crippen molar-refractivity contribution in [3.8, 4) is 11.4 Å². The molecule has 0 saturated carbocycles. The van der Waals surface area contributed by atoms with Crippen LogP contribution in [0.3, 0.4) is 0 Å². The molecule has 0 aliphatic heterocycles. The van der Waals surface area contributed by atoms with Crippen molar-refractivity contribution in [1.29, 1.82) is 0 Å². The van der Waals surface area contributed by atoms with Crippen LogP contribution in [0.2, 0.25) is 0 Å². The Morgan fingerprint density at radius 3 is 2.64 bits per heavy atom. The molecule has 4 aromatic heterocycles. The van der Waals surface area contributed by atoms with E-state index in [9.17, 15) is 4.79 Å². The first kappa shape index (κ1) is 28.8. The molecule has 4 heterocycles. The number of nitrogens with one attached hydrogen (secondary N) is 2.